The second-order valence-corrected chi connectivity index (χ2v) is 7.90. The summed E-state index contributed by atoms with van der Waals surface area (Å²) in [6, 6.07) is 16.2. The van der Waals surface area contributed by atoms with Gasteiger partial charge in [-0.1, -0.05) is 48.5 Å². The van der Waals surface area contributed by atoms with Crippen LogP contribution in [0.4, 0.5) is 36.4 Å². The Morgan fingerprint density at radius 1 is 0.800 bits per heavy atom. The van der Waals surface area contributed by atoms with Crippen LogP contribution in [0.2, 0.25) is 0 Å². The fourth-order valence-electron chi connectivity index (χ4n) is 3.50. The number of alkyl halides is 7. The highest BCUT2D eigenvalue weighted by atomic mass is 19.4. The summed E-state index contributed by atoms with van der Waals surface area (Å²) in [6.45, 7) is 2.60. The predicted molar refractivity (Wildman–Crippen MR) is 116 cm³/mol. The zero-order valence-corrected chi connectivity index (χ0v) is 18.5. The van der Waals surface area contributed by atoms with Gasteiger partial charge in [-0.2, -0.15) is 26.3 Å². The van der Waals surface area contributed by atoms with Crippen LogP contribution >= 0.6 is 0 Å². The molecule has 0 radical (unpaired) electrons. The van der Waals surface area contributed by atoms with Crippen LogP contribution in [-0.2, 0) is 12.3 Å². The minimum atomic E-state index is -6.23. The summed E-state index contributed by atoms with van der Waals surface area (Å²) < 4.78 is 98.8. The van der Waals surface area contributed by atoms with Gasteiger partial charge in [0.2, 0.25) is 0 Å². The number of hydrogen-bond donors (Lipinski definition) is 1. The molecule has 0 saturated carbocycles. The molecule has 3 aromatic rings. The molecule has 0 aliphatic carbocycles. The molecule has 0 saturated heterocycles. The first-order valence-corrected chi connectivity index (χ1v) is 10.3. The van der Waals surface area contributed by atoms with Gasteiger partial charge in [0.15, 0.2) is 0 Å². The number of halogens is 7. The summed E-state index contributed by atoms with van der Waals surface area (Å²) in [5, 5.41) is 2.47. The Labute approximate surface area is 196 Å². The van der Waals surface area contributed by atoms with Crippen molar-refractivity contribution in [2.24, 2.45) is 0 Å². The maximum atomic E-state index is 14.4. The first-order chi connectivity index (χ1) is 16.2. The van der Waals surface area contributed by atoms with Gasteiger partial charge in [-0.25, -0.2) is 4.39 Å². The molecule has 0 aromatic heterocycles. The number of carbonyl (C=O) groups excluding carboxylic acids is 1. The number of aryl methyl sites for hydroxylation is 2. The Morgan fingerprint density at radius 3 is 1.91 bits per heavy atom. The molecule has 0 fully saturated rings. The van der Waals surface area contributed by atoms with Crippen LogP contribution in [0.5, 0.6) is 5.75 Å². The number of anilines is 1. The molecule has 1 amide bonds. The second kappa shape index (κ2) is 9.59. The summed E-state index contributed by atoms with van der Waals surface area (Å²) in [4.78, 5) is 12.7. The average Bonchev–Trinajstić information content (AvgIpc) is 2.78. The topological polar surface area (TPSA) is 38.3 Å². The standard InChI is InChI=1S/C25H20F7NO2/c1-15-11-19(23(26,24(27,28)29)25(30,31)32)12-16(2)21(15)33-22(34)18-9-6-10-20(13-18)35-14-17-7-4-3-5-8-17/h3-13H,14H2,1-2H3,(H,33,34). The highest BCUT2D eigenvalue weighted by Gasteiger charge is 2.73. The van der Waals surface area contributed by atoms with Gasteiger partial charge >= 0.3 is 18.0 Å². The SMILES string of the molecule is Cc1cc(C(F)(C(F)(F)F)C(F)(F)F)cc(C)c1NC(=O)c1cccc(OCc2ccccc2)c1. The van der Waals surface area contributed by atoms with Gasteiger partial charge in [-0.15, -0.1) is 0 Å². The molecule has 0 unspecified atom stereocenters. The van der Waals surface area contributed by atoms with Gasteiger partial charge in [0.05, 0.1) is 0 Å². The molecule has 0 aliphatic heterocycles. The van der Waals surface area contributed by atoms with E-state index >= 15 is 0 Å². The molecule has 0 bridgehead atoms. The Hall–Kier alpha value is -3.56. The Morgan fingerprint density at radius 2 is 1.37 bits per heavy atom. The van der Waals surface area contributed by atoms with Crippen LogP contribution in [0.15, 0.2) is 66.7 Å². The van der Waals surface area contributed by atoms with E-state index < -0.39 is 29.5 Å². The number of carbonyl (C=O) groups is 1. The predicted octanol–water partition coefficient (Wildman–Crippen LogP) is 7.42. The lowest BCUT2D eigenvalue weighted by Crippen LogP contribution is -2.50. The molecular weight excluding hydrogens is 479 g/mol. The van der Waals surface area contributed by atoms with E-state index in [4.69, 9.17) is 4.74 Å². The third-order valence-electron chi connectivity index (χ3n) is 5.29. The summed E-state index contributed by atoms with van der Waals surface area (Å²) in [6.07, 6.45) is -12.5. The van der Waals surface area contributed by atoms with Crippen molar-refractivity contribution < 1.29 is 40.3 Å². The molecular formula is C25H20F7NO2. The van der Waals surface area contributed by atoms with E-state index in [1.807, 2.05) is 30.3 Å². The van der Waals surface area contributed by atoms with Crippen molar-refractivity contribution in [1.82, 2.24) is 0 Å². The van der Waals surface area contributed by atoms with Crippen LogP contribution < -0.4 is 10.1 Å². The van der Waals surface area contributed by atoms with Crippen molar-refractivity contribution >= 4 is 11.6 Å². The zero-order valence-electron chi connectivity index (χ0n) is 18.5. The molecule has 0 heterocycles. The summed E-state index contributed by atoms with van der Waals surface area (Å²) in [7, 11) is 0. The Balaban J connectivity index is 1.84. The van der Waals surface area contributed by atoms with Crippen LogP contribution in [-0.4, -0.2) is 18.3 Å². The van der Waals surface area contributed by atoms with Gasteiger partial charge in [-0.3, -0.25) is 4.79 Å². The summed E-state index contributed by atoms with van der Waals surface area (Å²) >= 11 is 0. The Kier molecular flexibility index (Phi) is 7.14. The van der Waals surface area contributed by atoms with Crippen LogP contribution in [0, 0.1) is 13.8 Å². The molecule has 186 valence electrons. The molecule has 1 N–H and O–H groups in total. The van der Waals surface area contributed by atoms with E-state index in [0.717, 1.165) is 5.56 Å². The zero-order chi connectivity index (χ0) is 26.0. The number of amides is 1. The van der Waals surface area contributed by atoms with Crippen molar-refractivity contribution in [3.8, 4) is 5.75 Å². The number of rotatable bonds is 6. The van der Waals surface area contributed by atoms with Crippen molar-refractivity contribution in [2.45, 2.75) is 38.5 Å². The molecule has 3 aromatic carbocycles. The molecule has 3 rings (SSSR count). The van der Waals surface area contributed by atoms with Gasteiger partial charge in [0, 0.05) is 16.8 Å². The van der Waals surface area contributed by atoms with E-state index in [0.29, 0.717) is 17.9 Å². The van der Waals surface area contributed by atoms with E-state index in [2.05, 4.69) is 5.32 Å². The van der Waals surface area contributed by atoms with Gasteiger partial charge < -0.3 is 10.1 Å². The third kappa shape index (κ3) is 5.41. The summed E-state index contributed by atoms with van der Waals surface area (Å²) in [5.74, 6) is -0.296. The molecule has 0 spiro atoms. The van der Waals surface area contributed by atoms with Crippen LogP contribution in [0.1, 0.15) is 32.6 Å². The monoisotopic (exact) mass is 499 g/mol. The van der Waals surface area contributed by atoms with Crippen molar-refractivity contribution in [2.75, 3.05) is 5.32 Å². The van der Waals surface area contributed by atoms with Gasteiger partial charge in [0.25, 0.3) is 5.91 Å². The van der Waals surface area contributed by atoms with Crippen molar-refractivity contribution in [1.29, 1.82) is 0 Å². The maximum Gasteiger partial charge on any atom is 0.435 e. The van der Waals surface area contributed by atoms with Crippen LogP contribution in [0.3, 0.4) is 0 Å². The maximum absolute atomic E-state index is 14.4. The number of benzene rings is 3. The molecule has 0 atom stereocenters. The number of ether oxygens (including phenoxy) is 1. The van der Waals surface area contributed by atoms with Gasteiger partial charge in [0.1, 0.15) is 12.4 Å². The van der Waals surface area contributed by atoms with E-state index in [1.54, 1.807) is 12.1 Å². The van der Waals surface area contributed by atoms with Gasteiger partial charge in [-0.05, 0) is 48.7 Å². The lowest BCUT2D eigenvalue weighted by molar-refractivity contribution is -0.348. The minimum Gasteiger partial charge on any atom is -0.489 e. The van der Waals surface area contributed by atoms with E-state index in [-0.39, 0.29) is 29.0 Å². The van der Waals surface area contributed by atoms with E-state index in [9.17, 15) is 35.5 Å². The van der Waals surface area contributed by atoms with Crippen molar-refractivity contribution in [3.63, 3.8) is 0 Å². The second-order valence-electron chi connectivity index (χ2n) is 7.90. The van der Waals surface area contributed by atoms with Crippen molar-refractivity contribution in [3.05, 3.63) is 94.5 Å². The highest BCUT2D eigenvalue weighted by Crippen LogP contribution is 2.53. The third-order valence-corrected chi connectivity index (χ3v) is 5.29. The molecule has 3 nitrogen and oxygen atoms in total. The largest absolute Gasteiger partial charge is 0.489 e. The summed E-state index contributed by atoms with van der Waals surface area (Å²) in [5.41, 5.74) is -6.48. The lowest BCUT2D eigenvalue weighted by atomic mass is 9.90. The molecule has 0 aliphatic rings. The number of nitrogens with one attached hydrogen (secondary N) is 1. The number of hydrogen-bond acceptors (Lipinski definition) is 2. The smallest absolute Gasteiger partial charge is 0.435 e. The molecule has 10 heteroatoms. The fourth-order valence-corrected chi connectivity index (χ4v) is 3.50. The lowest BCUT2D eigenvalue weighted by Gasteiger charge is -2.31. The van der Waals surface area contributed by atoms with Crippen LogP contribution in [0.25, 0.3) is 0 Å². The normalized spacial score (nSPS) is 12.4. The first kappa shape index (κ1) is 26.1. The highest BCUT2D eigenvalue weighted by molar-refractivity contribution is 6.05. The molecule has 35 heavy (non-hydrogen) atoms. The Bertz CT molecular complexity index is 1170. The average molecular weight is 499 g/mol. The fraction of sp³-hybridized carbons (Fsp3) is 0.240. The van der Waals surface area contributed by atoms with E-state index in [1.165, 1.54) is 26.0 Å². The quantitative estimate of drug-likeness (QED) is 0.359. The first-order valence-electron chi connectivity index (χ1n) is 10.3. The minimum absolute atomic E-state index is 0.0268.